The minimum absolute atomic E-state index is 0.0756. The van der Waals surface area contributed by atoms with E-state index < -0.39 is 0 Å². The van der Waals surface area contributed by atoms with Crippen molar-refractivity contribution in [2.45, 2.75) is 87.9 Å². The molecule has 0 aliphatic carbocycles. The minimum Gasteiger partial charge on any atom is -0.379 e. The molecule has 4 nitrogen and oxygen atoms in total. The van der Waals surface area contributed by atoms with Crippen molar-refractivity contribution in [3.8, 4) is 0 Å². The molecule has 0 spiro atoms. The third-order valence-corrected chi connectivity index (χ3v) is 5.96. The topological polar surface area (TPSA) is 36.9 Å². The van der Waals surface area contributed by atoms with Gasteiger partial charge in [0, 0.05) is 24.7 Å². The average Bonchev–Trinajstić information content (AvgIpc) is 3.03. The van der Waals surface area contributed by atoms with Gasteiger partial charge in [0.15, 0.2) is 0 Å². The number of unbranched alkanes of at least 4 members (excludes halogenated alkanes) is 3. The molecule has 0 amide bonds. The standard InChI is InChI=1S/C23H38O4S/c1-4-7-15-24-18-20-21(25-16-8-5-2)22(26-17-9-6-3)23(27-20)28-19-13-11-10-12-14-19/h10-14,20-23H,4-9,15-18H2,1-3H3/t20-,21?,22?,23+/m1/s1. The summed E-state index contributed by atoms with van der Waals surface area (Å²) in [5, 5.41) is 0. The molecule has 1 aromatic carbocycles. The fourth-order valence-corrected chi connectivity index (χ4v) is 4.25. The molecule has 1 aliphatic heterocycles. The van der Waals surface area contributed by atoms with Crippen LogP contribution in [0.25, 0.3) is 0 Å². The van der Waals surface area contributed by atoms with Gasteiger partial charge in [0.2, 0.25) is 0 Å². The molecule has 2 rings (SSSR count). The number of hydrogen-bond acceptors (Lipinski definition) is 5. The molecular weight excluding hydrogens is 372 g/mol. The first-order chi connectivity index (χ1) is 13.8. The van der Waals surface area contributed by atoms with Crippen molar-refractivity contribution in [1.82, 2.24) is 0 Å². The summed E-state index contributed by atoms with van der Waals surface area (Å²) in [5.41, 5.74) is -0.0781. The zero-order valence-electron chi connectivity index (χ0n) is 17.8. The van der Waals surface area contributed by atoms with E-state index in [0.29, 0.717) is 6.61 Å². The van der Waals surface area contributed by atoms with Gasteiger partial charge >= 0.3 is 0 Å². The fraction of sp³-hybridized carbons (Fsp3) is 0.739. The van der Waals surface area contributed by atoms with Gasteiger partial charge < -0.3 is 18.9 Å². The number of ether oxygens (including phenoxy) is 4. The van der Waals surface area contributed by atoms with Crippen LogP contribution in [0.3, 0.4) is 0 Å². The largest absolute Gasteiger partial charge is 0.379 e. The summed E-state index contributed by atoms with van der Waals surface area (Å²) in [5.74, 6) is 0. The van der Waals surface area contributed by atoms with E-state index in [1.54, 1.807) is 11.8 Å². The lowest BCUT2D eigenvalue weighted by atomic mass is 10.1. The highest BCUT2D eigenvalue weighted by atomic mass is 32.2. The Kier molecular flexibility index (Phi) is 12.2. The lowest BCUT2D eigenvalue weighted by molar-refractivity contribution is -0.0795. The molecule has 0 radical (unpaired) electrons. The highest BCUT2D eigenvalue weighted by Gasteiger charge is 2.46. The number of benzene rings is 1. The number of rotatable bonds is 15. The van der Waals surface area contributed by atoms with Crippen molar-refractivity contribution in [3.05, 3.63) is 30.3 Å². The van der Waals surface area contributed by atoms with E-state index in [9.17, 15) is 0 Å². The van der Waals surface area contributed by atoms with E-state index in [-0.39, 0.29) is 23.7 Å². The molecule has 1 aliphatic rings. The van der Waals surface area contributed by atoms with E-state index >= 15 is 0 Å². The molecule has 28 heavy (non-hydrogen) atoms. The first-order valence-electron chi connectivity index (χ1n) is 11.0. The Hall–Kier alpha value is -0.590. The van der Waals surface area contributed by atoms with Crippen LogP contribution in [0.4, 0.5) is 0 Å². The molecular formula is C23H38O4S. The number of hydrogen-bond donors (Lipinski definition) is 0. The Morgan fingerprint density at radius 1 is 0.821 bits per heavy atom. The zero-order chi connectivity index (χ0) is 20.0. The zero-order valence-corrected chi connectivity index (χ0v) is 18.6. The van der Waals surface area contributed by atoms with Crippen LogP contribution in [-0.4, -0.2) is 50.2 Å². The smallest absolute Gasteiger partial charge is 0.137 e. The molecule has 0 saturated carbocycles. The van der Waals surface area contributed by atoms with Crippen molar-refractivity contribution in [3.63, 3.8) is 0 Å². The monoisotopic (exact) mass is 410 g/mol. The minimum atomic E-state index is -0.0819. The van der Waals surface area contributed by atoms with E-state index in [2.05, 4.69) is 45.0 Å². The lowest BCUT2D eigenvalue weighted by Gasteiger charge is -2.25. The van der Waals surface area contributed by atoms with Gasteiger partial charge in [0.25, 0.3) is 0 Å². The summed E-state index contributed by atoms with van der Waals surface area (Å²) in [4.78, 5) is 1.19. The maximum absolute atomic E-state index is 6.42. The Balaban J connectivity index is 2.05. The molecule has 1 aromatic rings. The Bertz CT molecular complexity index is 499. The second-order valence-electron chi connectivity index (χ2n) is 7.28. The molecule has 1 heterocycles. The summed E-state index contributed by atoms with van der Waals surface area (Å²) < 4.78 is 24.9. The molecule has 0 aromatic heterocycles. The van der Waals surface area contributed by atoms with E-state index in [0.717, 1.165) is 58.3 Å². The van der Waals surface area contributed by atoms with Crippen LogP contribution < -0.4 is 0 Å². The van der Waals surface area contributed by atoms with Crippen LogP contribution >= 0.6 is 11.8 Å². The molecule has 1 fully saturated rings. The summed E-state index contributed by atoms with van der Waals surface area (Å²) in [6.07, 6.45) is 6.32. The van der Waals surface area contributed by atoms with E-state index in [1.807, 2.05) is 6.07 Å². The summed E-state index contributed by atoms with van der Waals surface area (Å²) in [6, 6.07) is 10.4. The van der Waals surface area contributed by atoms with Crippen molar-refractivity contribution in [2.75, 3.05) is 26.4 Å². The Morgan fingerprint density at radius 3 is 2.07 bits per heavy atom. The molecule has 4 atom stereocenters. The van der Waals surface area contributed by atoms with Crippen LogP contribution in [0.15, 0.2) is 35.2 Å². The van der Waals surface area contributed by atoms with Crippen LogP contribution in [0.2, 0.25) is 0 Å². The predicted octanol–water partition coefficient (Wildman–Crippen LogP) is 5.69. The molecule has 2 unspecified atom stereocenters. The maximum atomic E-state index is 6.42. The summed E-state index contributed by atoms with van der Waals surface area (Å²) >= 11 is 1.73. The van der Waals surface area contributed by atoms with Gasteiger partial charge in [-0.15, -0.1) is 0 Å². The normalized spacial score (nSPS) is 24.7. The highest BCUT2D eigenvalue weighted by Crippen LogP contribution is 2.37. The van der Waals surface area contributed by atoms with Crippen LogP contribution in [0, 0.1) is 0 Å². The molecule has 160 valence electrons. The molecule has 0 bridgehead atoms. The second kappa shape index (κ2) is 14.4. The van der Waals surface area contributed by atoms with Crippen LogP contribution in [0.5, 0.6) is 0 Å². The maximum Gasteiger partial charge on any atom is 0.137 e. The van der Waals surface area contributed by atoms with Gasteiger partial charge in [-0.1, -0.05) is 70.0 Å². The average molecular weight is 411 g/mol. The van der Waals surface area contributed by atoms with Crippen molar-refractivity contribution in [1.29, 1.82) is 0 Å². The SMILES string of the molecule is CCCCOC[C@H]1O[C@@H](Sc2ccccc2)C(OCCCC)C1OCCCC. The number of thioether (sulfide) groups is 1. The van der Waals surface area contributed by atoms with Crippen molar-refractivity contribution >= 4 is 11.8 Å². The van der Waals surface area contributed by atoms with Gasteiger partial charge in [-0.25, -0.2) is 0 Å². The molecule has 0 N–H and O–H groups in total. The third kappa shape index (κ3) is 8.03. The van der Waals surface area contributed by atoms with Crippen LogP contribution in [0.1, 0.15) is 59.3 Å². The Labute approximate surface area is 175 Å². The van der Waals surface area contributed by atoms with Crippen molar-refractivity contribution < 1.29 is 18.9 Å². The van der Waals surface area contributed by atoms with E-state index in [1.165, 1.54) is 4.90 Å². The van der Waals surface area contributed by atoms with Gasteiger partial charge in [0.1, 0.15) is 23.7 Å². The second-order valence-corrected chi connectivity index (χ2v) is 8.45. The first kappa shape index (κ1) is 23.7. The quantitative estimate of drug-likeness (QED) is 0.347. The summed E-state index contributed by atoms with van der Waals surface area (Å²) in [7, 11) is 0. The van der Waals surface area contributed by atoms with E-state index in [4.69, 9.17) is 18.9 Å². The predicted molar refractivity (Wildman–Crippen MR) is 116 cm³/mol. The van der Waals surface area contributed by atoms with Gasteiger partial charge in [-0.05, 0) is 31.4 Å². The van der Waals surface area contributed by atoms with Gasteiger partial charge in [-0.3, -0.25) is 0 Å². The molecule has 5 heteroatoms. The fourth-order valence-electron chi connectivity index (χ4n) is 3.10. The summed E-state index contributed by atoms with van der Waals surface area (Å²) in [6.45, 7) is 9.37. The Morgan fingerprint density at radius 2 is 1.43 bits per heavy atom. The van der Waals surface area contributed by atoms with Crippen molar-refractivity contribution in [2.24, 2.45) is 0 Å². The lowest BCUT2D eigenvalue weighted by Crippen LogP contribution is -2.39. The third-order valence-electron chi connectivity index (χ3n) is 4.80. The highest BCUT2D eigenvalue weighted by molar-refractivity contribution is 7.99. The van der Waals surface area contributed by atoms with Crippen LogP contribution in [-0.2, 0) is 18.9 Å². The molecule has 1 saturated heterocycles. The first-order valence-corrected chi connectivity index (χ1v) is 11.9. The van der Waals surface area contributed by atoms with Gasteiger partial charge in [0.05, 0.1) is 6.61 Å². The van der Waals surface area contributed by atoms with Gasteiger partial charge in [-0.2, -0.15) is 0 Å².